The molecule has 0 amide bonds. The number of ether oxygens (including phenoxy) is 2. The maximum absolute atomic E-state index is 12.0. The average Bonchev–Trinajstić information content (AvgIpc) is 2.60. The van der Waals surface area contributed by atoms with Crippen LogP contribution in [-0.2, 0) is 11.3 Å². The topological polar surface area (TPSA) is 65.7 Å². The number of hydrogen-bond acceptors (Lipinski definition) is 5. The summed E-state index contributed by atoms with van der Waals surface area (Å²) >= 11 is 0. The SMILES string of the molecule is CCOC(=O)c1cc2ccc(OCc3ccc(C)cc3)cc2oc1=O. The first-order valence-corrected chi connectivity index (χ1v) is 8.00. The van der Waals surface area contributed by atoms with Gasteiger partial charge >= 0.3 is 11.6 Å². The molecule has 0 atom stereocenters. The van der Waals surface area contributed by atoms with Gasteiger partial charge < -0.3 is 13.9 Å². The molecule has 128 valence electrons. The lowest BCUT2D eigenvalue weighted by Crippen LogP contribution is -2.16. The molecule has 3 rings (SSSR count). The molecule has 25 heavy (non-hydrogen) atoms. The Kier molecular flexibility index (Phi) is 4.84. The van der Waals surface area contributed by atoms with E-state index >= 15 is 0 Å². The zero-order chi connectivity index (χ0) is 17.8. The Bertz CT molecular complexity index is 954. The normalized spacial score (nSPS) is 10.6. The predicted molar refractivity (Wildman–Crippen MR) is 94.0 cm³/mol. The molecule has 1 aromatic heterocycles. The minimum absolute atomic E-state index is 0.109. The van der Waals surface area contributed by atoms with Crippen LogP contribution in [0.4, 0.5) is 0 Å². The van der Waals surface area contributed by atoms with Crippen LogP contribution in [0.15, 0.2) is 57.7 Å². The largest absolute Gasteiger partial charge is 0.489 e. The van der Waals surface area contributed by atoms with Gasteiger partial charge in [0.25, 0.3) is 0 Å². The highest BCUT2D eigenvalue weighted by atomic mass is 16.5. The number of carbonyl (C=O) groups is 1. The molecule has 5 heteroatoms. The molecule has 0 radical (unpaired) electrons. The van der Waals surface area contributed by atoms with Gasteiger partial charge in [-0.2, -0.15) is 0 Å². The van der Waals surface area contributed by atoms with E-state index in [1.807, 2.05) is 31.2 Å². The fourth-order valence-corrected chi connectivity index (χ4v) is 2.38. The number of aryl methyl sites for hydroxylation is 1. The number of esters is 1. The van der Waals surface area contributed by atoms with Crippen molar-refractivity contribution in [2.75, 3.05) is 6.61 Å². The second kappa shape index (κ2) is 7.21. The van der Waals surface area contributed by atoms with E-state index in [0.717, 1.165) is 5.56 Å². The molecule has 0 spiro atoms. The van der Waals surface area contributed by atoms with Crippen molar-refractivity contribution in [2.45, 2.75) is 20.5 Å². The molecule has 3 aromatic rings. The Morgan fingerprint density at radius 2 is 1.84 bits per heavy atom. The Labute approximate surface area is 144 Å². The summed E-state index contributed by atoms with van der Waals surface area (Å²) in [5.74, 6) is -0.0991. The highest BCUT2D eigenvalue weighted by molar-refractivity contribution is 5.93. The van der Waals surface area contributed by atoms with E-state index in [-0.39, 0.29) is 12.2 Å². The van der Waals surface area contributed by atoms with Gasteiger partial charge in [0.2, 0.25) is 0 Å². The number of fused-ring (bicyclic) bond motifs is 1. The fourth-order valence-electron chi connectivity index (χ4n) is 2.38. The van der Waals surface area contributed by atoms with Crippen molar-refractivity contribution in [1.29, 1.82) is 0 Å². The molecule has 0 unspecified atom stereocenters. The highest BCUT2D eigenvalue weighted by Crippen LogP contribution is 2.21. The van der Waals surface area contributed by atoms with Crippen LogP contribution in [0.2, 0.25) is 0 Å². The van der Waals surface area contributed by atoms with Crippen LogP contribution in [0.1, 0.15) is 28.4 Å². The van der Waals surface area contributed by atoms with Crippen LogP contribution >= 0.6 is 0 Å². The number of carbonyl (C=O) groups excluding carboxylic acids is 1. The Morgan fingerprint density at radius 1 is 1.08 bits per heavy atom. The van der Waals surface area contributed by atoms with Crippen LogP contribution in [0.25, 0.3) is 11.0 Å². The van der Waals surface area contributed by atoms with Crippen LogP contribution in [0.3, 0.4) is 0 Å². The zero-order valence-electron chi connectivity index (χ0n) is 14.1. The van der Waals surface area contributed by atoms with Gasteiger partial charge in [-0.05, 0) is 37.6 Å². The van der Waals surface area contributed by atoms with E-state index in [1.54, 1.807) is 25.1 Å². The quantitative estimate of drug-likeness (QED) is 0.522. The molecular formula is C20H18O5. The molecule has 0 N–H and O–H groups in total. The lowest BCUT2D eigenvalue weighted by Gasteiger charge is -2.08. The van der Waals surface area contributed by atoms with E-state index in [9.17, 15) is 9.59 Å². The Balaban J connectivity index is 1.82. The minimum Gasteiger partial charge on any atom is -0.489 e. The van der Waals surface area contributed by atoms with E-state index in [1.165, 1.54) is 11.6 Å². The van der Waals surface area contributed by atoms with Gasteiger partial charge in [0.15, 0.2) is 0 Å². The Morgan fingerprint density at radius 3 is 2.56 bits per heavy atom. The summed E-state index contributed by atoms with van der Waals surface area (Å²) in [7, 11) is 0. The lowest BCUT2D eigenvalue weighted by atomic mass is 10.1. The van der Waals surface area contributed by atoms with Gasteiger partial charge in [-0.1, -0.05) is 29.8 Å². The molecule has 0 saturated heterocycles. The van der Waals surface area contributed by atoms with Gasteiger partial charge in [-0.15, -0.1) is 0 Å². The highest BCUT2D eigenvalue weighted by Gasteiger charge is 2.15. The van der Waals surface area contributed by atoms with E-state index in [0.29, 0.717) is 23.3 Å². The number of benzene rings is 2. The van der Waals surface area contributed by atoms with Gasteiger partial charge in [-0.3, -0.25) is 0 Å². The van der Waals surface area contributed by atoms with E-state index in [2.05, 4.69) is 0 Å². The summed E-state index contributed by atoms with van der Waals surface area (Å²) < 4.78 is 15.8. The van der Waals surface area contributed by atoms with Crippen LogP contribution in [0.5, 0.6) is 5.75 Å². The molecular weight excluding hydrogens is 320 g/mol. The summed E-state index contributed by atoms with van der Waals surface area (Å²) in [5.41, 5.74) is 1.77. The monoisotopic (exact) mass is 338 g/mol. The Hall–Kier alpha value is -3.08. The molecule has 2 aromatic carbocycles. The third kappa shape index (κ3) is 3.88. The van der Waals surface area contributed by atoms with E-state index < -0.39 is 11.6 Å². The molecule has 5 nitrogen and oxygen atoms in total. The molecule has 0 fully saturated rings. The molecule has 0 aliphatic heterocycles. The maximum Gasteiger partial charge on any atom is 0.351 e. The first-order valence-electron chi connectivity index (χ1n) is 8.00. The standard InChI is InChI=1S/C20H18O5/c1-3-23-19(21)17-10-15-8-9-16(11-18(15)25-20(17)22)24-12-14-6-4-13(2)5-7-14/h4-11H,3,12H2,1-2H3. The summed E-state index contributed by atoms with van der Waals surface area (Å²) in [6, 6.07) is 14.7. The first kappa shape index (κ1) is 16.8. The van der Waals surface area contributed by atoms with Crippen molar-refractivity contribution in [3.63, 3.8) is 0 Å². The fraction of sp³-hybridized carbons (Fsp3) is 0.200. The van der Waals surface area contributed by atoms with Gasteiger partial charge in [0, 0.05) is 11.5 Å². The molecule has 0 aliphatic carbocycles. The van der Waals surface area contributed by atoms with E-state index in [4.69, 9.17) is 13.9 Å². The third-order valence-corrected chi connectivity index (χ3v) is 3.73. The van der Waals surface area contributed by atoms with Crippen LogP contribution in [-0.4, -0.2) is 12.6 Å². The summed E-state index contributed by atoms with van der Waals surface area (Å²) in [6.07, 6.45) is 0. The van der Waals surface area contributed by atoms with Gasteiger partial charge in [-0.25, -0.2) is 9.59 Å². The second-order valence-electron chi connectivity index (χ2n) is 5.64. The van der Waals surface area contributed by atoms with Crippen molar-refractivity contribution >= 4 is 16.9 Å². The summed E-state index contributed by atoms with van der Waals surface area (Å²) in [6.45, 7) is 4.32. The zero-order valence-corrected chi connectivity index (χ0v) is 14.1. The molecule has 0 saturated carbocycles. The number of rotatable bonds is 5. The van der Waals surface area contributed by atoms with Crippen LogP contribution in [0, 0.1) is 6.92 Å². The predicted octanol–water partition coefficient (Wildman–Crippen LogP) is 3.86. The van der Waals surface area contributed by atoms with Crippen LogP contribution < -0.4 is 10.4 Å². The second-order valence-corrected chi connectivity index (χ2v) is 5.64. The number of hydrogen-bond donors (Lipinski definition) is 0. The molecule has 0 bridgehead atoms. The first-order chi connectivity index (χ1) is 12.1. The van der Waals surface area contributed by atoms with Crippen molar-refractivity contribution in [2.24, 2.45) is 0 Å². The third-order valence-electron chi connectivity index (χ3n) is 3.73. The molecule has 0 aliphatic rings. The average molecular weight is 338 g/mol. The summed E-state index contributed by atoms with van der Waals surface area (Å²) in [5, 5.41) is 0.630. The van der Waals surface area contributed by atoms with Crippen molar-refractivity contribution < 1.29 is 18.7 Å². The lowest BCUT2D eigenvalue weighted by molar-refractivity contribution is 0.0522. The summed E-state index contributed by atoms with van der Waals surface area (Å²) in [4.78, 5) is 23.7. The van der Waals surface area contributed by atoms with Crippen molar-refractivity contribution in [3.05, 3.63) is 75.6 Å². The smallest absolute Gasteiger partial charge is 0.351 e. The maximum atomic E-state index is 12.0. The van der Waals surface area contributed by atoms with Crippen molar-refractivity contribution in [3.8, 4) is 5.75 Å². The van der Waals surface area contributed by atoms with Gasteiger partial charge in [0.1, 0.15) is 23.5 Å². The van der Waals surface area contributed by atoms with Crippen molar-refractivity contribution in [1.82, 2.24) is 0 Å². The molecule has 1 heterocycles. The van der Waals surface area contributed by atoms with Gasteiger partial charge in [0.05, 0.1) is 6.61 Å². The minimum atomic E-state index is -0.721.